The lowest BCUT2D eigenvalue weighted by atomic mass is 10.1. The second-order valence-corrected chi connectivity index (χ2v) is 7.81. The van der Waals surface area contributed by atoms with Crippen LogP contribution in [0.2, 0.25) is 0 Å². The quantitative estimate of drug-likeness (QED) is 0.363. The van der Waals surface area contributed by atoms with E-state index in [1.807, 2.05) is 0 Å². The molecule has 2 aliphatic rings. The number of amides is 2. The van der Waals surface area contributed by atoms with Crippen LogP contribution in [0.4, 0.5) is 14.6 Å². The summed E-state index contributed by atoms with van der Waals surface area (Å²) in [5.74, 6) is -2.64. The minimum atomic E-state index is -0.853. The average molecular weight is 471 g/mol. The molecule has 3 heterocycles. The molecule has 2 amide bonds. The number of anilines is 1. The number of rotatable bonds is 8. The van der Waals surface area contributed by atoms with Crippen molar-refractivity contribution in [3.05, 3.63) is 53.0 Å². The Bertz CT molecular complexity index is 1150. The highest BCUT2D eigenvalue weighted by Gasteiger charge is 2.29. The number of halogens is 2. The first-order valence-corrected chi connectivity index (χ1v) is 10.7. The van der Waals surface area contributed by atoms with Crippen molar-refractivity contribution in [1.29, 1.82) is 5.41 Å². The Morgan fingerprint density at radius 3 is 2.76 bits per heavy atom. The number of aliphatic hydroxyl groups is 1. The summed E-state index contributed by atoms with van der Waals surface area (Å²) in [5.41, 5.74) is 0.0817. The maximum atomic E-state index is 14.3. The Hall–Kier alpha value is -3.93. The number of aromatic nitrogens is 2. The first kappa shape index (κ1) is 23.2. The minimum absolute atomic E-state index is 0.0274. The second-order valence-electron chi connectivity index (χ2n) is 7.81. The highest BCUT2D eigenvalue weighted by molar-refractivity contribution is 6.03. The van der Waals surface area contributed by atoms with Crippen molar-refractivity contribution in [3.8, 4) is 11.4 Å². The zero-order chi connectivity index (χ0) is 24.2. The molecule has 1 fully saturated rings. The predicted octanol–water partition coefficient (Wildman–Crippen LogP) is 1.14. The van der Waals surface area contributed by atoms with Gasteiger partial charge in [-0.25, -0.2) is 18.7 Å². The van der Waals surface area contributed by atoms with Gasteiger partial charge < -0.3 is 31.4 Å². The molecule has 0 aliphatic carbocycles. The van der Waals surface area contributed by atoms with Crippen LogP contribution in [-0.2, 0) is 11.3 Å². The van der Waals surface area contributed by atoms with E-state index in [2.05, 4.69) is 25.9 Å². The van der Waals surface area contributed by atoms with Crippen molar-refractivity contribution in [1.82, 2.24) is 25.5 Å². The summed E-state index contributed by atoms with van der Waals surface area (Å²) < 4.78 is 28.6. The Morgan fingerprint density at radius 2 is 2.06 bits per heavy atom. The fourth-order valence-corrected chi connectivity index (χ4v) is 3.99. The zero-order valence-electron chi connectivity index (χ0n) is 18.1. The molecule has 34 heavy (non-hydrogen) atoms. The summed E-state index contributed by atoms with van der Waals surface area (Å²) >= 11 is 0. The van der Waals surface area contributed by atoms with Crippen molar-refractivity contribution >= 4 is 23.8 Å². The van der Waals surface area contributed by atoms with Gasteiger partial charge in [0.25, 0.3) is 5.91 Å². The molecular formula is C22H23F2N7O3. The summed E-state index contributed by atoms with van der Waals surface area (Å²) in [6, 6.07) is 3.19. The van der Waals surface area contributed by atoms with E-state index in [1.54, 1.807) is 4.90 Å². The van der Waals surface area contributed by atoms with Crippen molar-refractivity contribution in [2.45, 2.75) is 25.4 Å². The predicted molar refractivity (Wildman–Crippen MR) is 119 cm³/mol. The van der Waals surface area contributed by atoms with Crippen molar-refractivity contribution in [2.75, 3.05) is 25.0 Å². The van der Waals surface area contributed by atoms with E-state index in [4.69, 9.17) is 5.41 Å². The number of carbonyl (C=O) groups is 2. The Morgan fingerprint density at radius 1 is 1.29 bits per heavy atom. The average Bonchev–Trinajstić information content (AvgIpc) is 3.45. The van der Waals surface area contributed by atoms with Gasteiger partial charge in [-0.05, 0) is 25.0 Å². The molecule has 0 radical (unpaired) electrons. The number of benzene rings is 1. The van der Waals surface area contributed by atoms with Gasteiger partial charge in [-0.1, -0.05) is 6.07 Å². The van der Waals surface area contributed by atoms with Gasteiger partial charge in [0.15, 0.2) is 5.82 Å². The molecule has 0 saturated carbocycles. The van der Waals surface area contributed by atoms with Crippen LogP contribution in [0.5, 0.6) is 0 Å². The number of allylic oxidation sites excluding steroid dienone is 1. The van der Waals surface area contributed by atoms with Gasteiger partial charge in [-0.3, -0.25) is 9.59 Å². The lowest BCUT2D eigenvalue weighted by Crippen LogP contribution is -2.41. The van der Waals surface area contributed by atoms with Crippen LogP contribution in [0, 0.1) is 17.0 Å². The largest absolute Gasteiger partial charge is 0.394 e. The van der Waals surface area contributed by atoms with Gasteiger partial charge in [0.1, 0.15) is 23.0 Å². The standard InChI is InChI=1S/C22H23F2N7O3/c23-14-4-1-5-15(24)18(14)20-29-16-9-27-22(34)19(16)21(30-20)28-12(7-25)8-26-10-17(33)31-6-2-3-13(31)11-32/h1,4-5,7-8,13,25-26,32H,2-3,6,9-11H2,(H,27,34)(H,28,29,30)/b12-8+,25-7?. The van der Waals surface area contributed by atoms with Crippen molar-refractivity contribution in [3.63, 3.8) is 0 Å². The van der Waals surface area contributed by atoms with Gasteiger partial charge in [0.05, 0.1) is 42.7 Å². The van der Waals surface area contributed by atoms with Crippen molar-refractivity contribution in [2.24, 2.45) is 0 Å². The van der Waals surface area contributed by atoms with Crippen LogP contribution in [0.25, 0.3) is 11.4 Å². The lowest BCUT2D eigenvalue weighted by molar-refractivity contribution is -0.131. The molecule has 1 aromatic heterocycles. The number of fused-ring (bicyclic) bond motifs is 1. The highest BCUT2D eigenvalue weighted by atomic mass is 19.1. The fourth-order valence-electron chi connectivity index (χ4n) is 3.99. The molecule has 1 aromatic carbocycles. The molecule has 1 atom stereocenters. The normalized spacial score (nSPS) is 17.4. The Kier molecular flexibility index (Phi) is 6.77. The SMILES string of the molecule is N=C/C(=C\NCC(=O)N1CCCC1CO)Nc1nc(-c2c(F)cccc2F)nc2c1C(=O)NC2. The van der Waals surface area contributed by atoms with Crippen LogP contribution < -0.4 is 16.0 Å². The van der Waals surface area contributed by atoms with Crippen LogP contribution in [0.1, 0.15) is 28.9 Å². The third-order valence-electron chi connectivity index (χ3n) is 5.65. The van der Waals surface area contributed by atoms with Crippen LogP contribution in [0.15, 0.2) is 30.1 Å². The topological polar surface area (TPSA) is 143 Å². The molecule has 10 nitrogen and oxygen atoms in total. The molecule has 4 rings (SSSR count). The molecule has 1 saturated heterocycles. The molecule has 1 unspecified atom stereocenters. The summed E-state index contributed by atoms with van der Waals surface area (Å²) in [5, 5.41) is 25.3. The number of nitrogens with zero attached hydrogens (tertiary/aromatic N) is 3. The van der Waals surface area contributed by atoms with E-state index < -0.39 is 23.1 Å². The van der Waals surface area contributed by atoms with Gasteiger partial charge in [-0.2, -0.15) is 0 Å². The number of carbonyl (C=O) groups excluding carboxylic acids is 2. The number of aliphatic hydroxyl groups excluding tert-OH is 1. The first-order chi connectivity index (χ1) is 16.4. The minimum Gasteiger partial charge on any atom is -0.394 e. The molecule has 12 heteroatoms. The van der Waals surface area contributed by atoms with Gasteiger partial charge in [0, 0.05) is 19.0 Å². The summed E-state index contributed by atoms with van der Waals surface area (Å²) in [7, 11) is 0. The Labute approximate surface area is 193 Å². The van der Waals surface area contributed by atoms with Crippen LogP contribution in [0.3, 0.4) is 0 Å². The number of hydrogen-bond acceptors (Lipinski definition) is 8. The molecule has 0 bridgehead atoms. The van der Waals surface area contributed by atoms with Gasteiger partial charge in [-0.15, -0.1) is 0 Å². The van der Waals surface area contributed by atoms with E-state index in [-0.39, 0.29) is 60.2 Å². The van der Waals surface area contributed by atoms with Gasteiger partial charge >= 0.3 is 0 Å². The second kappa shape index (κ2) is 9.91. The summed E-state index contributed by atoms with van der Waals surface area (Å²) in [4.78, 5) is 34.6. The van der Waals surface area contributed by atoms with E-state index in [9.17, 15) is 23.5 Å². The third-order valence-corrected chi connectivity index (χ3v) is 5.65. The van der Waals surface area contributed by atoms with E-state index in [1.165, 1.54) is 12.3 Å². The molecule has 0 spiro atoms. The number of nitrogens with one attached hydrogen (secondary N) is 4. The van der Waals surface area contributed by atoms with E-state index >= 15 is 0 Å². The summed E-state index contributed by atoms with van der Waals surface area (Å²) in [6.45, 7) is 0.472. The summed E-state index contributed by atoms with van der Waals surface area (Å²) in [6.07, 6.45) is 3.87. The molecular weight excluding hydrogens is 448 g/mol. The number of likely N-dealkylation sites (tertiary alicyclic amines) is 1. The first-order valence-electron chi connectivity index (χ1n) is 10.7. The Balaban J connectivity index is 1.57. The zero-order valence-corrected chi connectivity index (χ0v) is 18.1. The lowest BCUT2D eigenvalue weighted by Gasteiger charge is -2.23. The van der Waals surface area contributed by atoms with Gasteiger partial charge in [0.2, 0.25) is 5.91 Å². The highest BCUT2D eigenvalue weighted by Crippen LogP contribution is 2.29. The molecule has 2 aromatic rings. The van der Waals surface area contributed by atoms with E-state index in [0.717, 1.165) is 31.2 Å². The van der Waals surface area contributed by atoms with Crippen LogP contribution >= 0.6 is 0 Å². The molecule has 2 aliphatic heterocycles. The maximum Gasteiger partial charge on any atom is 0.257 e. The maximum absolute atomic E-state index is 14.3. The fraction of sp³-hybridized carbons (Fsp3) is 0.318. The van der Waals surface area contributed by atoms with E-state index in [0.29, 0.717) is 6.54 Å². The smallest absolute Gasteiger partial charge is 0.257 e. The number of hydrogen-bond donors (Lipinski definition) is 5. The molecule has 178 valence electrons. The molecule has 5 N–H and O–H groups in total. The van der Waals surface area contributed by atoms with Crippen LogP contribution in [-0.4, -0.2) is 63.7 Å². The monoisotopic (exact) mass is 471 g/mol. The third kappa shape index (κ3) is 4.57. The van der Waals surface area contributed by atoms with Crippen molar-refractivity contribution < 1.29 is 23.5 Å².